The number of hydrogen-bond acceptors (Lipinski definition) is 4. The van der Waals surface area contributed by atoms with Crippen LogP contribution in [-0.2, 0) is 4.79 Å². The summed E-state index contributed by atoms with van der Waals surface area (Å²) in [6.45, 7) is 1.48. The molecule has 0 radical (unpaired) electrons. The normalized spacial score (nSPS) is 10.6. The molecule has 3 nitrogen and oxygen atoms in total. The number of nitrogens with zero attached hydrogens (tertiary/aromatic N) is 1. The maximum absolute atomic E-state index is 10.5. The lowest BCUT2D eigenvalue weighted by molar-refractivity contribution is -0.299. The van der Waals surface area contributed by atoms with Gasteiger partial charge in [-0.1, -0.05) is 18.2 Å². The van der Waals surface area contributed by atoms with Crippen molar-refractivity contribution in [2.75, 3.05) is 0 Å². The number of isothiocyanates is 1. The highest BCUT2D eigenvalue weighted by molar-refractivity contribution is 7.78. The summed E-state index contributed by atoms with van der Waals surface area (Å²) >= 11 is 4.46. The minimum absolute atomic E-state index is 0.182. The van der Waals surface area contributed by atoms with Crippen LogP contribution in [0.25, 0.3) is 6.08 Å². The first-order valence-electron chi connectivity index (χ1n) is 4.21. The SMILES string of the molecule is C/C(=C\c1ccc(N=C=S)cc1)C(=O)[O-]. The lowest BCUT2D eigenvalue weighted by Gasteiger charge is -2.01. The van der Waals surface area contributed by atoms with E-state index in [0.29, 0.717) is 5.69 Å². The number of aliphatic carboxylic acids is 1. The summed E-state index contributed by atoms with van der Waals surface area (Å²) in [7, 11) is 0. The molecule has 0 atom stereocenters. The van der Waals surface area contributed by atoms with Crippen LogP contribution < -0.4 is 5.11 Å². The molecule has 1 rings (SSSR count). The molecule has 0 fully saturated rings. The van der Waals surface area contributed by atoms with E-state index in [2.05, 4.69) is 22.4 Å². The van der Waals surface area contributed by atoms with Crippen molar-refractivity contribution < 1.29 is 9.90 Å². The van der Waals surface area contributed by atoms with E-state index in [9.17, 15) is 9.90 Å². The molecule has 0 saturated carbocycles. The standard InChI is InChI=1S/C11H9NO2S/c1-8(11(13)14)6-9-2-4-10(5-3-9)12-7-15/h2-6H,1H3,(H,13,14)/p-1/b8-6+. The molecule has 15 heavy (non-hydrogen) atoms. The molecular weight excluding hydrogens is 210 g/mol. The Kier molecular flexibility index (Phi) is 3.92. The lowest BCUT2D eigenvalue weighted by atomic mass is 10.1. The Balaban J connectivity index is 2.94. The highest BCUT2D eigenvalue weighted by Gasteiger charge is 1.92. The topological polar surface area (TPSA) is 52.5 Å². The molecule has 0 saturated heterocycles. The van der Waals surface area contributed by atoms with E-state index in [0.717, 1.165) is 5.56 Å². The summed E-state index contributed by atoms with van der Waals surface area (Å²) in [4.78, 5) is 14.2. The van der Waals surface area contributed by atoms with E-state index < -0.39 is 5.97 Å². The highest BCUT2D eigenvalue weighted by Crippen LogP contribution is 2.14. The van der Waals surface area contributed by atoms with Crippen LogP contribution in [0.3, 0.4) is 0 Å². The largest absolute Gasteiger partial charge is 0.545 e. The molecule has 0 aliphatic heterocycles. The van der Waals surface area contributed by atoms with Gasteiger partial charge in [0.15, 0.2) is 0 Å². The minimum Gasteiger partial charge on any atom is -0.545 e. The molecule has 0 N–H and O–H groups in total. The summed E-state index contributed by atoms with van der Waals surface area (Å²) in [5.41, 5.74) is 1.65. The van der Waals surface area contributed by atoms with Crippen LogP contribution in [0.5, 0.6) is 0 Å². The van der Waals surface area contributed by atoms with Gasteiger partial charge in [-0.25, -0.2) is 0 Å². The predicted molar refractivity (Wildman–Crippen MR) is 59.8 cm³/mol. The van der Waals surface area contributed by atoms with Gasteiger partial charge >= 0.3 is 0 Å². The van der Waals surface area contributed by atoms with Gasteiger partial charge in [0.2, 0.25) is 0 Å². The van der Waals surface area contributed by atoms with Gasteiger partial charge in [-0.2, -0.15) is 4.99 Å². The van der Waals surface area contributed by atoms with Gasteiger partial charge in [0.25, 0.3) is 0 Å². The van der Waals surface area contributed by atoms with Crippen molar-refractivity contribution in [2.24, 2.45) is 4.99 Å². The van der Waals surface area contributed by atoms with Crippen LogP contribution in [0.1, 0.15) is 12.5 Å². The molecule has 1 aromatic carbocycles. The second-order valence-corrected chi connectivity index (χ2v) is 3.09. The van der Waals surface area contributed by atoms with E-state index in [4.69, 9.17) is 0 Å². The number of carboxylic acids is 1. The number of thiocarbonyl (C=S) groups is 1. The fourth-order valence-electron chi connectivity index (χ4n) is 1.01. The molecule has 0 unspecified atom stereocenters. The molecule has 1 aromatic rings. The van der Waals surface area contributed by atoms with Gasteiger partial charge < -0.3 is 9.90 Å². The summed E-state index contributed by atoms with van der Waals surface area (Å²) in [5, 5.41) is 12.7. The van der Waals surface area contributed by atoms with Crippen molar-refractivity contribution in [1.82, 2.24) is 0 Å². The minimum atomic E-state index is -1.17. The fraction of sp³-hybridized carbons (Fsp3) is 0.0909. The van der Waals surface area contributed by atoms with Gasteiger partial charge in [-0.05, 0) is 42.4 Å². The smallest absolute Gasteiger partial charge is 0.0739 e. The first kappa shape index (κ1) is 11.3. The molecule has 0 amide bonds. The molecule has 0 aliphatic rings. The average molecular weight is 218 g/mol. The van der Waals surface area contributed by atoms with Gasteiger partial charge in [-0.15, -0.1) is 0 Å². The Morgan fingerprint density at radius 2 is 2.07 bits per heavy atom. The molecule has 4 heteroatoms. The zero-order chi connectivity index (χ0) is 11.3. The van der Waals surface area contributed by atoms with E-state index in [1.54, 1.807) is 24.3 Å². The van der Waals surface area contributed by atoms with Crippen molar-refractivity contribution in [3.8, 4) is 0 Å². The molecule has 0 bridgehead atoms. The van der Waals surface area contributed by atoms with Gasteiger partial charge in [0, 0.05) is 0 Å². The van der Waals surface area contributed by atoms with E-state index in [1.807, 2.05) is 0 Å². The first-order chi connectivity index (χ1) is 7.13. The Hall–Kier alpha value is -1.77. The van der Waals surface area contributed by atoms with Crippen LogP contribution in [-0.4, -0.2) is 11.1 Å². The molecule has 0 aromatic heterocycles. The van der Waals surface area contributed by atoms with Crippen molar-refractivity contribution in [3.05, 3.63) is 35.4 Å². The Morgan fingerprint density at radius 1 is 1.47 bits per heavy atom. The zero-order valence-electron chi connectivity index (χ0n) is 8.06. The zero-order valence-corrected chi connectivity index (χ0v) is 8.88. The fourth-order valence-corrected chi connectivity index (χ4v) is 1.11. The third-order valence-electron chi connectivity index (χ3n) is 1.77. The number of carboxylic acid groups (broad SMARTS) is 1. The third-order valence-corrected chi connectivity index (χ3v) is 1.86. The van der Waals surface area contributed by atoms with E-state index in [1.165, 1.54) is 13.0 Å². The summed E-state index contributed by atoms with van der Waals surface area (Å²) in [6.07, 6.45) is 1.53. The van der Waals surface area contributed by atoms with Gasteiger partial charge in [0.05, 0.1) is 16.8 Å². The predicted octanol–water partition coefficient (Wildman–Crippen LogP) is 1.57. The number of rotatable bonds is 3. The highest BCUT2D eigenvalue weighted by atomic mass is 32.1. The molecule has 76 valence electrons. The van der Waals surface area contributed by atoms with Crippen molar-refractivity contribution in [3.63, 3.8) is 0 Å². The van der Waals surface area contributed by atoms with Crippen LogP contribution in [0.15, 0.2) is 34.8 Å². The van der Waals surface area contributed by atoms with Gasteiger partial charge in [-0.3, -0.25) is 0 Å². The maximum atomic E-state index is 10.5. The van der Waals surface area contributed by atoms with Crippen LogP contribution in [0.2, 0.25) is 0 Å². The van der Waals surface area contributed by atoms with Crippen LogP contribution in [0, 0.1) is 0 Å². The maximum Gasteiger partial charge on any atom is 0.0739 e. The monoisotopic (exact) mass is 218 g/mol. The van der Waals surface area contributed by atoms with Crippen LogP contribution >= 0.6 is 12.2 Å². The number of benzene rings is 1. The van der Waals surface area contributed by atoms with Crippen molar-refractivity contribution >= 4 is 35.1 Å². The third kappa shape index (κ3) is 3.46. The summed E-state index contributed by atoms with van der Waals surface area (Å²) < 4.78 is 0. The Bertz CT molecular complexity index is 442. The molecular formula is C11H8NO2S-. The van der Waals surface area contributed by atoms with Gasteiger partial charge in [0.1, 0.15) is 0 Å². The molecule has 0 aliphatic carbocycles. The Morgan fingerprint density at radius 3 is 2.53 bits per heavy atom. The number of carbonyl (C=O) groups excluding carboxylic acids is 1. The molecule has 0 spiro atoms. The number of hydrogen-bond donors (Lipinski definition) is 0. The number of carbonyl (C=O) groups is 1. The second-order valence-electron chi connectivity index (χ2n) is 2.91. The average Bonchev–Trinajstić information content (AvgIpc) is 2.21. The Labute approximate surface area is 92.8 Å². The second kappa shape index (κ2) is 5.20. The van der Waals surface area contributed by atoms with Crippen molar-refractivity contribution in [2.45, 2.75) is 6.92 Å². The lowest BCUT2D eigenvalue weighted by Crippen LogP contribution is -2.22. The van der Waals surface area contributed by atoms with Crippen LogP contribution in [0.4, 0.5) is 5.69 Å². The first-order valence-corrected chi connectivity index (χ1v) is 4.62. The molecule has 0 heterocycles. The van der Waals surface area contributed by atoms with E-state index in [-0.39, 0.29) is 5.57 Å². The number of aliphatic imine (C=N–C) groups is 1. The summed E-state index contributed by atoms with van der Waals surface area (Å²) in [5.74, 6) is -1.17. The summed E-state index contributed by atoms with van der Waals surface area (Å²) in [6, 6.07) is 6.96. The quantitative estimate of drug-likeness (QED) is 0.439. The van der Waals surface area contributed by atoms with Crippen molar-refractivity contribution in [1.29, 1.82) is 0 Å². The van der Waals surface area contributed by atoms with E-state index >= 15 is 0 Å².